The molecular weight excluding hydrogens is 370 g/mol. The smallest absolute Gasteiger partial charge is 0.353 e. The molecule has 5 nitrogen and oxygen atoms in total. The number of fused-ring (bicyclic) bond motifs is 1. The molecule has 0 aromatic heterocycles. The molecule has 2 aliphatic rings. The van der Waals surface area contributed by atoms with Gasteiger partial charge in [0.1, 0.15) is 5.70 Å². The van der Waals surface area contributed by atoms with E-state index in [0.29, 0.717) is 21.4 Å². The molecule has 0 spiro atoms. The van der Waals surface area contributed by atoms with Gasteiger partial charge in [-0.2, -0.15) is 0 Å². The van der Waals surface area contributed by atoms with Gasteiger partial charge in [-0.1, -0.05) is 11.6 Å². The Kier molecular flexibility index (Phi) is 5.15. The van der Waals surface area contributed by atoms with Crippen LogP contribution in [0.15, 0.2) is 39.8 Å². The third-order valence-corrected chi connectivity index (χ3v) is 6.67. The molecule has 1 amide bonds. The fourth-order valence-corrected chi connectivity index (χ4v) is 5.47. The number of hydrogen-bond acceptors (Lipinski definition) is 5. The van der Waals surface area contributed by atoms with Gasteiger partial charge in [0.15, 0.2) is 0 Å². The molecule has 24 heavy (non-hydrogen) atoms. The minimum atomic E-state index is -1.09. The molecule has 8 heteroatoms. The average Bonchev–Trinajstić information content (AvgIpc) is 2.83. The van der Waals surface area contributed by atoms with E-state index in [4.69, 9.17) is 11.6 Å². The number of carboxylic acid groups (broad SMARTS) is 1. The SMILES string of the molecule is C[C@@H](O)[C@H]1C(=O)N2C(C(=O)O)=C(SCSc3ccc(Cl)cc3)C[C@H]12. The summed E-state index contributed by atoms with van der Waals surface area (Å²) in [6, 6.07) is 7.21. The predicted molar refractivity (Wildman–Crippen MR) is 94.9 cm³/mol. The fraction of sp³-hybridized carbons (Fsp3) is 0.375. The normalized spacial score (nSPS) is 24.0. The van der Waals surface area contributed by atoms with Crippen molar-refractivity contribution in [3.63, 3.8) is 0 Å². The first-order valence-electron chi connectivity index (χ1n) is 7.39. The number of rotatable bonds is 6. The van der Waals surface area contributed by atoms with E-state index < -0.39 is 18.0 Å². The zero-order valence-corrected chi connectivity index (χ0v) is 15.2. The Morgan fingerprint density at radius 3 is 2.62 bits per heavy atom. The number of carbonyl (C=O) groups excluding carboxylic acids is 1. The first kappa shape index (κ1) is 17.7. The molecular formula is C16H16ClNO4S2. The lowest BCUT2D eigenvalue weighted by molar-refractivity contribution is -0.161. The zero-order valence-electron chi connectivity index (χ0n) is 12.8. The molecule has 1 aromatic carbocycles. The molecule has 0 aliphatic carbocycles. The zero-order chi connectivity index (χ0) is 17.4. The summed E-state index contributed by atoms with van der Waals surface area (Å²) in [5.74, 6) is -1.89. The molecule has 1 fully saturated rings. The molecule has 2 heterocycles. The van der Waals surface area contributed by atoms with E-state index in [1.54, 1.807) is 18.7 Å². The van der Waals surface area contributed by atoms with E-state index in [1.807, 2.05) is 24.3 Å². The maximum absolute atomic E-state index is 12.1. The number of benzene rings is 1. The van der Waals surface area contributed by atoms with Gasteiger partial charge in [-0.05, 0) is 31.2 Å². The van der Waals surface area contributed by atoms with E-state index in [1.165, 1.54) is 16.7 Å². The van der Waals surface area contributed by atoms with Crippen LogP contribution in [-0.2, 0) is 9.59 Å². The highest BCUT2D eigenvalue weighted by Crippen LogP contribution is 2.47. The molecule has 3 rings (SSSR count). The summed E-state index contributed by atoms with van der Waals surface area (Å²) in [6.45, 7) is 1.57. The van der Waals surface area contributed by atoms with Crippen LogP contribution in [0.1, 0.15) is 13.3 Å². The van der Waals surface area contributed by atoms with Crippen LogP contribution in [0.5, 0.6) is 0 Å². The van der Waals surface area contributed by atoms with Gasteiger partial charge in [-0.3, -0.25) is 4.79 Å². The number of amides is 1. The number of aliphatic carboxylic acids is 1. The van der Waals surface area contributed by atoms with Crippen LogP contribution in [0.4, 0.5) is 0 Å². The Morgan fingerprint density at radius 2 is 2.04 bits per heavy atom. The Balaban J connectivity index is 1.67. The lowest BCUT2D eigenvalue weighted by atomic mass is 9.83. The standard InChI is InChI=1S/C16H16ClNO4S2/c1-8(19)13-11-6-12(14(16(21)22)18(11)15(13)20)24-7-23-10-4-2-9(17)3-5-10/h2-5,8,11,13,19H,6-7H2,1H3,(H,21,22)/t8-,11-,13-/m1/s1. The van der Waals surface area contributed by atoms with Crippen LogP contribution in [0.2, 0.25) is 5.02 Å². The molecule has 1 aromatic rings. The van der Waals surface area contributed by atoms with Gasteiger partial charge >= 0.3 is 5.97 Å². The van der Waals surface area contributed by atoms with E-state index in [2.05, 4.69) is 0 Å². The molecule has 0 unspecified atom stereocenters. The van der Waals surface area contributed by atoms with E-state index in [9.17, 15) is 19.8 Å². The summed E-state index contributed by atoms with van der Waals surface area (Å²) in [4.78, 5) is 26.7. The Hall–Kier alpha value is -1.15. The second-order valence-corrected chi connectivity index (χ2v) is 8.60. The highest BCUT2D eigenvalue weighted by molar-refractivity contribution is 8.17. The molecule has 128 valence electrons. The van der Waals surface area contributed by atoms with Crippen molar-refractivity contribution in [1.82, 2.24) is 4.90 Å². The van der Waals surface area contributed by atoms with Crippen LogP contribution in [-0.4, -0.2) is 44.2 Å². The maximum atomic E-state index is 12.1. The van der Waals surface area contributed by atoms with Crippen molar-refractivity contribution in [2.75, 3.05) is 5.08 Å². The van der Waals surface area contributed by atoms with Gasteiger partial charge in [0.05, 0.1) is 18.1 Å². The Labute approximate surface area is 153 Å². The minimum Gasteiger partial charge on any atom is -0.477 e. The van der Waals surface area contributed by atoms with Crippen molar-refractivity contribution >= 4 is 47.0 Å². The lowest BCUT2D eigenvalue weighted by Crippen LogP contribution is -2.61. The van der Waals surface area contributed by atoms with Crippen molar-refractivity contribution < 1.29 is 19.8 Å². The van der Waals surface area contributed by atoms with Crippen molar-refractivity contribution in [2.45, 2.75) is 30.4 Å². The Bertz CT molecular complexity index is 705. The third kappa shape index (κ3) is 3.18. The van der Waals surface area contributed by atoms with Crippen LogP contribution in [0.3, 0.4) is 0 Å². The molecule has 0 radical (unpaired) electrons. The minimum absolute atomic E-state index is 0.0728. The number of β-lactam (4-membered cyclic amide) rings is 1. The van der Waals surface area contributed by atoms with Crippen molar-refractivity contribution in [3.05, 3.63) is 39.9 Å². The van der Waals surface area contributed by atoms with Crippen LogP contribution >= 0.6 is 35.1 Å². The van der Waals surface area contributed by atoms with Gasteiger partial charge in [0.25, 0.3) is 0 Å². The predicted octanol–water partition coefficient (Wildman–Crippen LogP) is 3.03. The van der Waals surface area contributed by atoms with E-state index in [-0.39, 0.29) is 17.6 Å². The topological polar surface area (TPSA) is 77.8 Å². The third-order valence-electron chi connectivity index (χ3n) is 4.16. The van der Waals surface area contributed by atoms with Crippen molar-refractivity contribution in [2.24, 2.45) is 5.92 Å². The molecule has 1 saturated heterocycles. The summed E-state index contributed by atoms with van der Waals surface area (Å²) in [5.41, 5.74) is 0.0728. The number of aliphatic hydroxyl groups excluding tert-OH is 1. The summed E-state index contributed by atoms with van der Waals surface area (Å²) in [7, 11) is 0. The quantitative estimate of drug-likeness (QED) is 0.445. The number of thioether (sulfide) groups is 2. The molecule has 2 N–H and O–H groups in total. The molecule has 2 aliphatic heterocycles. The summed E-state index contributed by atoms with van der Waals surface area (Å²) in [5, 5.41) is 20.5. The molecule has 0 saturated carbocycles. The fourth-order valence-electron chi connectivity index (χ4n) is 3.06. The van der Waals surface area contributed by atoms with Gasteiger partial charge in [-0.15, -0.1) is 23.5 Å². The number of nitrogens with zero attached hydrogens (tertiary/aromatic N) is 1. The van der Waals surface area contributed by atoms with Crippen molar-refractivity contribution in [1.29, 1.82) is 0 Å². The summed E-state index contributed by atoms with van der Waals surface area (Å²) >= 11 is 8.87. The van der Waals surface area contributed by atoms with Gasteiger partial charge in [0.2, 0.25) is 5.91 Å². The first-order chi connectivity index (χ1) is 11.4. The van der Waals surface area contributed by atoms with Crippen molar-refractivity contribution in [3.8, 4) is 0 Å². The maximum Gasteiger partial charge on any atom is 0.353 e. The first-order valence-corrected chi connectivity index (χ1v) is 9.74. The van der Waals surface area contributed by atoms with Crippen LogP contribution in [0, 0.1) is 5.92 Å². The molecule has 0 bridgehead atoms. The lowest BCUT2D eigenvalue weighted by Gasteiger charge is -2.44. The monoisotopic (exact) mass is 385 g/mol. The summed E-state index contributed by atoms with van der Waals surface area (Å²) in [6.07, 6.45) is -0.268. The molecule has 3 atom stereocenters. The average molecular weight is 386 g/mol. The van der Waals surface area contributed by atoms with E-state index in [0.717, 1.165) is 4.90 Å². The number of aliphatic hydroxyl groups is 1. The van der Waals surface area contributed by atoms with E-state index >= 15 is 0 Å². The van der Waals surface area contributed by atoms with Crippen LogP contribution < -0.4 is 0 Å². The second-order valence-electron chi connectivity index (χ2n) is 5.68. The second kappa shape index (κ2) is 7.00. The number of hydrogen-bond donors (Lipinski definition) is 2. The number of carbonyl (C=O) groups is 2. The van der Waals surface area contributed by atoms with Gasteiger partial charge in [-0.25, -0.2) is 4.79 Å². The van der Waals surface area contributed by atoms with Gasteiger partial charge in [0, 0.05) is 26.3 Å². The van der Waals surface area contributed by atoms with Gasteiger partial charge < -0.3 is 15.1 Å². The highest BCUT2D eigenvalue weighted by atomic mass is 35.5. The highest BCUT2D eigenvalue weighted by Gasteiger charge is 2.56. The summed E-state index contributed by atoms with van der Waals surface area (Å²) < 4.78 is 0. The number of carboxylic acids is 1. The number of halogens is 1. The van der Waals surface area contributed by atoms with Crippen LogP contribution in [0.25, 0.3) is 0 Å². The largest absolute Gasteiger partial charge is 0.477 e. The Morgan fingerprint density at radius 1 is 1.38 bits per heavy atom.